The van der Waals surface area contributed by atoms with Gasteiger partial charge in [0.05, 0.1) is 0 Å². The number of unbranched alkanes of at least 4 members (excludes halogenated alkanes) is 1. The van der Waals surface area contributed by atoms with Crippen molar-refractivity contribution in [1.82, 2.24) is 0 Å². The van der Waals surface area contributed by atoms with Gasteiger partial charge in [-0.1, -0.05) is 0 Å². The van der Waals surface area contributed by atoms with E-state index in [0.717, 1.165) is 0 Å². The Labute approximate surface area is 173 Å². The molecule has 0 atom stereocenters. The summed E-state index contributed by atoms with van der Waals surface area (Å²) in [7, 11) is 0. The topological polar surface area (TPSA) is 0 Å². The number of hydrogen-bond acceptors (Lipinski definition) is 4. The van der Waals surface area contributed by atoms with Gasteiger partial charge in [0.1, 0.15) is 0 Å². The van der Waals surface area contributed by atoms with Gasteiger partial charge in [0, 0.05) is 0 Å². The van der Waals surface area contributed by atoms with E-state index in [0.29, 0.717) is 0 Å². The first kappa shape index (κ1) is 22.0. The summed E-state index contributed by atoms with van der Waals surface area (Å²) in [6, 6.07) is 9.50. The molecule has 2 heterocycles. The second-order valence-electron chi connectivity index (χ2n) is 8.14. The van der Waals surface area contributed by atoms with Gasteiger partial charge in [0.25, 0.3) is 0 Å². The summed E-state index contributed by atoms with van der Waals surface area (Å²) in [6.07, 6.45) is 2.67. The Hall–Kier alpha value is 1.70. The van der Waals surface area contributed by atoms with E-state index in [4.69, 9.17) is 0 Å². The van der Waals surface area contributed by atoms with E-state index in [1.807, 2.05) is 0 Å². The molecule has 0 aliphatic rings. The molecule has 2 aromatic heterocycles. The molecule has 0 saturated carbocycles. The fraction of sp³-hybridized carbons (Fsp3) is 0.556. The molecule has 134 valence electrons. The first-order valence-corrected chi connectivity index (χ1v) is 32.2. The molecule has 0 radical (unpaired) electrons. The van der Waals surface area contributed by atoms with Crippen molar-refractivity contribution >= 4 is 88.7 Å². The maximum absolute atomic E-state index is 2.51. The van der Waals surface area contributed by atoms with E-state index in [-0.39, 0.29) is 0 Å². The molecule has 0 nitrogen and oxygen atoms in total. The predicted molar refractivity (Wildman–Crippen MR) is 125 cm³/mol. The molecule has 0 saturated heterocycles. The van der Waals surface area contributed by atoms with Crippen molar-refractivity contribution in [3.05, 3.63) is 24.3 Å². The molecule has 0 bridgehead atoms. The molecule has 0 fully saturated rings. The van der Waals surface area contributed by atoms with Crippen LogP contribution in [0.15, 0.2) is 32.7 Å². The average molecular weight is 612 g/mol. The third-order valence-electron chi connectivity index (χ3n) is 3.67. The Balaban J connectivity index is 1.63. The SMILES string of the molecule is [CH3][Sn]([CH3])([CH3])[c]1ccc(SCCCCSc2cc[c]([Sn]([CH3])([CH3])[CH3])s2)s1. The van der Waals surface area contributed by atoms with Crippen LogP contribution >= 0.6 is 46.2 Å². The van der Waals surface area contributed by atoms with Gasteiger partial charge < -0.3 is 0 Å². The van der Waals surface area contributed by atoms with E-state index >= 15 is 0 Å². The third kappa shape index (κ3) is 7.37. The summed E-state index contributed by atoms with van der Waals surface area (Å²) in [5, 5.41) is 0. The van der Waals surface area contributed by atoms with Gasteiger partial charge in [0.2, 0.25) is 0 Å². The van der Waals surface area contributed by atoms with Crippen molar-refractivity contribution in [3.63, 3.8) is 0 Å². The molecule has 0 aromatic carbocycles. The van der Waals surface area contributed by atoms with Crippen LogP contribution in [0, 0.1) is 0 Å². The predicted octanol–water partition coefficient (Wildman–Crippen LogP) is 6.56. The quantitative estimate of drug-likeness (QED) is 0.179. The van der Waals surface area contributed by atoms with Crippen molar-refractivity contribution in [3.8, 4) is 0 Å². The summed E-state index contributed by atoms with van der Waals surface area (Å²) < 4.78 is 6.48. The van der Waals surface area contributed by atoms with Crippen LogP contribution in [-0.2, 0) is 0 Å². The zero-order chi connectivity index (χ0) is 17.8. The van der Waals surface area contributed by atoms with Crippen LogP contribution in [0.3, 0.4) is 0 Å². The van der Waals surface area contributed by atoms with Gasteiger partial charge >= 0.3 is 175 Å². The molecule has 0 unspecified atom stereocenters. The van der Waals surface area contributed by atoms with Crippen LogP contribution in [0.5, 0.6) is 0 Å². The number of thioether (sulfide) groups is 2. The Morgan fingerprint density at radius 2 is 1.04 bits per heavy atom. The van der Waals surface area contributed by atoms with Crippen molar-refractivity contribution in [1.29, 1.82) is 0 Å². The molecule has 0 aliphatic heterocycles. The zero-order valence-corrected chi connectivity index (χ0v) is 24.7. The number of thiophene rings is 2. The Morgan fingerprint density at radius 3 is 1.33 bits per heavy atom. The monoisotopic (exact) mass is 614 g/mol. The van der Waals surface area contributed by atoms with Crippen LogP contribution in [-0.4, -0.2) is 48.3 Å². The van der Waals surface area contributed by atoms with Gasteiger partial charge in [-0.05, 0) is 0 Å². The Morgan fingerprint density at radius 1 is 0.667 bits per heavy atom. The summed E-state index contributed by atoms with van der Waals surface area (Å²) >= 11 is 4.59. The summed E-state index contributed by atoms with van der Waals surface area (Å²) in [5.74, 6) is 2.54. The van der Waals surface area contributed by atoms with Crippen LogP contribution < -0.4 is 5.79 Å². The second-order valence-corrected chi connectivity index (χ2v) is 43.9. The van der Waals surface area contributed by atoms with Gasteiger partial charge in [-0.15, -0.1) is 0 Å². The fourth-order valence-corrected chi connectivity index (χ4v) is 18.4. The first-order valence-electron chi connectivity index (χ1n) is 8.62. The molecule has 2 aromatic rings. The van der Waals surface area contributed by atoms with Crippen molar-refractivity contribution in [2.45, 2.75) is 50.9 Å². The summed E-state index contributed by atoms with van der Waals surface area (Å²) in [6.45, 7) is 0. The minimum atomic E-state index is -1.83. The van der Waals surface area contributed by atoms with Crippen LogP contribution in [0.4, 0.5) is 0 Å². The molecular formula is C18H30S4Sn2. The van der Waals surface area contributed by atoms with Gasteiger partial charge in [-0.25, -0.2) is 0 Å². The van der Waals surface area contributed by atoms with E-state index in [1.165, 1.54) is 32.8 Å². The standard InChI is InChI=1S/C12H12S4.6CH3.2Sn/c1(7-13-11-5-3-9-15-11)2-8-14-12-6-4-10-16-12;;;;;;;;/h3-6H,1-2,7-8H2;6*1H3;;. The van der Waals surface area contributed by atoms with Gasteiger partial charge in [-0.2, -0.15) is 0 Å². The Bertz CT molecular complexity index is 576. The molecular weight excluding hydrogens is 582 g/mol. The van der Waals surface area contributed by atoms with E-state index in [9.17, 15) is 0 Å². The maximum atomic E-state index is 2.51. The molecule has 0 spiro atoms. The van der Waals surface area contributed by atoms with Crippen LogP contribution in [0.1, 0.15) is 12.8 Å². The zero-order valence-electron chi connectivity index (χ0n) is 15.8. The van der Waals surface area contributed by atoms with Crippen molar-refractivity contribution in [2.24, 2.45) is 0 Å². The number of hydrogen-bond donors (Lipinski definition) is 0. The molecule has 0 N–H and O–H groups in total. The third-order valence-corrected chi connectivity index (χ3v) is 27.4. The van der Waals surface area contributed by atoms with Crippen LogP contribution in [0.25, 0.3) is 0 Å². The van der Waals surface area contributed by atoms with Gasteiger partial charge in [-0.3, -0.25) is 0 Å². The first-order chi connectivity index (χ1) is 11.2. The van der Waals surface area contributed by atoms with Crippen molar-refractivity contribution in [2.75, 3.05) is 11.5 Å². The van der Waals surface area contributed by atoms with Crippen molar-refractivity contribution < 1.29 is 0 Å². The molecule has 0 aliphatic carbocycles. The Kier molecular flexibility index (Phi) is 8.94. The van der Waals surface area contributed by atoms with Gasteiger partial charge in [0.15, 0.2) is 0 Å². The summed E-state index contributed by atoms with van der Waals surface area (Å²) in [5.41, 5.74) is 0. The van der Waals surface area contributed by atoms with E-state index in [1.54, 1.807) is 5.79 Å². The minimum absolute atomic E-state index is 1.27. The molecule has 24 heavy (non-hydrogen) atoms. The second kappa shape index (κ2) is 9.76. The fourth-order valence-electron chi connectivity index (χ4n) is 2.15. The van der Waals surface area contributed by atoms with Crippen LogP contribution in [0.2, 0.25) is 29.6 Å². The normalized spacial score (nSPS) is 12.8. The molecule has 0 amide bonds. The van der Waals surface area contributed by atoms with E-state index < -0.39 is 36.8 Å². The molecule has 2 rings (SSSR count). The summed E-state index contributed by atoms with van der Waals surface area (Å²) in [4.78, 5) is 15.0. The van der Waals surface area contributed by atoms with E-state index in [2.05, 4.69) is 100 Å². The average Bonchev–Trinajstić information content (AvgIpc) is 3.10. The molecule has 6 heteroatoms. The number of rotatable bonds is 9.